The first-order valence-corrected chi connectivity index (χ1v) is 7.07. The molecule has 0 saturated heterocycles. The molecule has 0 aliphatic carbocycles. The van der Waals surface area contributed by atoms with Gasteiger partial charge in [-0.25, -0.2) is 4.98 Å². The Kier molecular flexibility index (Phi) is 4.42. The molecule has 1 heterocycles. The summed E-state index contributed by atoms with van der Waals surface area (Å²) in [5.74, 6) is 1.14. The van der Waals surface area contributed by atoms with Crippen molar-refractivity contribution in [2.75, 3.05) is 0 Å². The van der Waals surface area contributed by atoms with Gasteiger partial charge in [0.05, 0.1) is 0 Å². The average molecular weight is 342 g/mol. The third-order valence-corrected chi connectivity index (χ3v) is 3.68. The van der Waals surface area contributed by atoms with Gasteiger partial charge < -0.3 is 4.74 Å². The van der Waals surface area contributed by atoms with Crippen molar-refractivity contribution in [3.8, 4) is 5.88 Å². The number of aromatic nitrogens is 2. The van der Waals surface area contributed by atoms with E-state index in [1.165, 1.54) is 0 Å². The number of ether oxygens (including phenoxy) is 1. The van der Waals surface area contributed by atoms with Gasteiger partial charge >= 0.3 is 0 Å². The van der Waals surface area contributed by atoms with E-state index in [0.29, 0.717) is 16.9 Å². The molecule has 2 aromatic rings. The normalized spacial score (nSPS) is 12.3. The zero-order chi connectivity index (χ0) is 14.0. The lowest BCUT2D eigenvalue weighted by atomic mass is 10.1. The van der Waals surface area contributed by atoms with E-state index in [4.69, 9.17) is 16.3 Å². The second kappa shape index (κ2) is 5.88. The van der Waals surface area contributed by atoms with Crippen molar-refractivity contribution < 1.29 is 4.74 Å². The van der Waals surface area contributed by atoms with Crippen LogP contribution in [0, 0.1) is 13.8 Å². The maximum atomic E-state index is 6.03. The van der Waals surface area contributed by atoms with Crippen LogP contribution in [0.2, 0.25) is 5.15 Å². The van der Waals surface area contributed by atoms with Crippen molar-refractivity contribution in [2.45, 2.75) is 26.9 Å². The highest BCUT2D eigenvalue weighted by Gasteiger charge is 2.13. The molecule has 0 bridgehead atoms. The lowest BCUT2D eigenvalue weighted by Crippen LogP contribution is -2.07. The Hall–Kier alpha value is -1.13. The van der Waals surface area contributed by atoms with E-state index >= 15 is 0 Å². The summed E-state index contributed by atoms with van der Waals surface area (Å²) >= 11 is 9.45. The van der Waals surface area contributed by atoms with Gasteiger partial charge in [-0.2, -0.15) is 4.98 Å². The molecule has 0 aliphatic heterocycles. The van der Waals surface area contributed by atoms with Gasteiger partial charge in [0.1, 0.15) is 17.1 Å². The number of aryl methyl sites for hydroxylation is 1. The summed E-state index contributed by atoms with van der Waals surface area (Å²) in [6.45, 7) is 5.63. The molecule has 0 N–H and O–H groups in total. The average Bonchev–Trinajstić information content (AvgIpc) is 2.36. The summed E-state index contributed by atoms with van der Waals surface area (Å²) in [7, 11) is 0. The number of hydrogen-bond donors (Lipinski definition) is 0. The molecule has 0 radical (unpaired) electrons. The molecule has 0 aliphatic rings. The fraction of sp³-hybridized carbons (Fsp3) is 0.286. The van der Waals surface area contributed by atoms with Gasteiger partial charge in [0.2, 0.25) is 5.88 Å². The highest BCUT2D eigenvalue weighted by molar-refractivity contribution is 9.10. The molecule has 0 unspecified atom stereocenters. The minimum Gasteiger partial charge on any atom is -0.469 e. The minimum absolute atomic E-state index is 0.0998. The largest absolute Gasteiger partial charge is 0.469 e. The summed E-state index contributed by atoms with van der Waals surface area (Å²) in [6, 6.07) is 8.00. The monoisotopic (exact) mass is 340 g/mol. The Morgan fingerprint density at radius 1 is 1.16 bits per heavy atom. The van der Waals surface area contributed by atoms with Crippen LogP contribution < -0.4 is 4.74 Å². The van der Waals surface area contributed by atoms with Crippen LogP contribution in [0.15, 0.2) is 28.7 Å². The van der Waals surface area contributed by atoms with Crippen LogP contribution in [0.25, 0.3) is 0 Å². The zero-order valence-electron chi connectivity index (χ0n) is 10.9. The maximum absolute atomic E-state index is 6.03. The Bertz CT molecular complexity index is 587. The predicted octanol–water partition coefficient (Wildman–Crippen LogP) is 4.65. The van der Waals surface area contributed by atoms with Crippen molar-refractivity contribution >= 4 is 27.5 Å². The van der Waals surface area contributed by atoms with Crippen molar-refractivity contribution in [1.29, 1.82) is 0 Å². The van der Waals surface area contributed by atoms with E-state index < -0.39 is 0 Å². The summed E-state index contributed by atoms with van der Waals surface area (Å²) in [6.07, 6.45) is -0.0998. The molecule has 1 atom stereocenters. The van der Waals surface area contributed by atoms with Crippen LogP contribution in [0.4, 0.5) is 0 Å². The standard InChI is InChI=1S/C14H14BrClN2O/c1-8-13(16)17-10(3)18-14(8)19-9(2)11-4-6-12(15)7-5-11/h4-7,9H,1-3H3/t9-/m0/s1. The fourth-order valence-electron chi connectivity index (χ4n) is 1.65. The van der Waals surface area contributed by atoms with Crippen LogP contribution in [0.1, 0.15) is 30.0 Å². The second-order valence-electron chi connectivity index (χ2n) is 4.30. The molecule has 5 heteroatoms. The molecule has 19 heavy (non-hydrogen) atoms. The van der Waals surface area contributed by atoms with E-state index in [1.54, 1.807) is 6.92 Å². The summed E-state index contributed by atoms with van der Waals surface area (Å²) in [5.41, 5.74) is 1.84. The molecule has 0 saturated carbocycles. The SMILES string of the molecule is Cc1nc(Cl)c(C)c(O[C@@H](C)c2ccc(Br)cc2)n1. The molecular weight excluding hydrogens is 328 g/mol. The fourth-order valence-corrected chi connectivity index (χ4v) is 2.12. The van der Waals surface area contributed by atoms with Crippen LogP contribution in [-0.4, -0.2) is 9.97 Å². The molecule has 100 valence electrons. The van der Waals surface area contributed by atoms with Crippen LogP contribution >= 0.6 is 27.5 Å². The summed E-state index contributed by atoms with van der Waals surface area (Å²) in [4.78, 5) is 8.38. The first-order valence-electron chi connectivity index (χ1n) is 5.90. The Morgan fingerprint density at radius 2 is 1.79 bits per heavy atom. The number of hydrogen-bond acceptors (Lipinski definition) is 3. The Balaban J connectivity index is 2.23. The van der Waals surface area contributed by atoms with E-state index in [1.807, 2.05) is 38.1 Å². The topological polar surface area (TPSA) is 35.0 Å². The molecule has 0 spiro atoms. The third kappa shape index (κ3) is 3.45. The van der Waals surface area contributed by atoms with Gasteiger partial charge in [0.25, 0.3) is 0 Å². The molecule has 2 rings (SSSR count). The summed E-state index contributed by atoms with van der Waals surface area (Å²) in [5, 5.41) is 0.436. The zero-order valence-corrected chi connectivity index (χ0v) is 13.3. The van der Waals surface area contributed by atoms with E-state index in [2.05, 4.69) is 25.9 Å². The van der Waals surface area contributed by atoms with Gasteiger partial charge in [0.15, 0.2) is 0 Å². The van der Waals surface area contributed by atoms with Gasteiger partial charge in [-0.15, -0.1) is 0 Å². The first-order chi connectivity index (χ1) is 8.97. The molecular formula is C14H14BrClN2O. The molecule has 1 aromatic carbocycles. The Labute approximate surface area is 126 Å². The van der Waals surface area contributed by atoms with Gasteiger partial charge in [0, 0.05) is 10.0 Å². The van der Waals surface area contributed by atoms with Crippen molar-refractivity contribution in [3.63, 3.8) is 0 Å². The van der Waals surface area contributed by atoms with E-state index in [-0.39, 0.29) is 6.10 Å². The van der Waals surface area contributed by atoms with Crippen molar-refractivity contribution in [3.05, 3.63) is 50.8 Å². The predicted molar refractivity (Wildman–Crippen MR) is 79.7 cm³/mol. The van der Waals surface area contributed by atoms with Crippen LogP contribution in [0.3, 0.4) is 0 Å². The smallest absolute Gasteiger partial charge is 0.221 e. The molecule has 1 aromatic heterocycles. The second-order valence-corrected chi connectivity index (χ2v) is 5.58. The quantitative estimate of drug-likeness (QED) is 0.762. The van der Waals surface area contributed by atoms with Crippen LogP contribution in [0.5, 0.6) is 5.88 Å². The summed E-state index contributed by atoms with van der Waals surface area (Å²) < 4.78 is 6.92. The van der Waals surface area contributed by atoms with Gasteiger partial charge in [-0.1, -0.05) is 39.7 Å². The molecule has 0 fully saturated rings. The Morgan fingerprint density at radius 3 is 2.42 bits per heavy atom. The number of nitrogens with zero attached hydrogens (tertiary/aromatic N) is 2. The minimum atomic E-state index is -0.0998. The highest BCUT2D eigenvalue weighted by atomic mass is 79.9. The van der Waals surface area contributed by atoms with Gasteiger partial charge in [-0.3, -0.25) is 0 Å². The lowest BCUT2D eigenvalue weighted by molar-refractivity contribution is 0.215. The first kappa shape index (κ1) is 14.3. The number of benzene rings is 1. The highest BCUT2D eigenvalue weighted by Crippen LogP contribution is 2.27. The van der Waals surface area contributed by atoms with Crippen molar-refractivity contribution in [1.82, 2.24) is 9.97 Å². The van der Waals surface area contributed by atoms with Gasteiger partial charge in [-0.05, 0) is 38.5 Å². The maximum Gasteiger partial charge on any atom is 0.221 e. The molecule has 0 amide bonds. The van der Waals surface area contributed by atoms with E-state index in [9.17, 15) is 0 Å². The number of halogens is 2. The lowest BCUT2D eigenvalue weighted by Gasteiger charge is -2.16. The van der Waals surface area contributed by atoms with E-state index in [0.717, 1.165) is 15.6 Å². The van der Waals surface area contributed by atoms with Crippen LogP contribution in [-0.2, 0) is 0 Å². The van der Waals surface area contributed by atoms with Crippen molar-refractivity contribution in [2.24, 2.45) is 0 Å². The number of rotatable bonds is 3. The molecule has 3 nitrogen and oxygen atoms in total. The third-order valence-electron chi connectivity index (χ3n) is 2.78.